The molecule has 0 fully saturated rings. The van der Waals surface area contributed by atoms with Crippen molar-refractivity contribution in [3.63, 3.8) is 0 Å². The fraction of sp³-hybridized carbons (Fsp3) is 0.458. The maximum absolute atomic E-state index is 12.9. The third-order valence-electron chi connectivity index (χ3n) is 5.08. The number of rotatable bonds is 11. The molecule has 5 nitrogen and oxygen atoms in total. The van der Waals surface area contributed by atoms with Crippen molar-refractivity contribution in [1.29, 1.82) is 0 Å². The third kappa shape index (κ3) is 9.01. The van der Waals surface area contributed by atoms with Crippen molar-refractivity contribution >= 4 is 27.6 Å². The van der Waals surface area contributed by atoms with Crippen LogP contribution in [0, 0.1) is 5.41 Å². The van der Waals surface area contributed by atoms with E-state index in [1.165, 1.54) is 12.1 Å². The smallest absolute Gasteiger partial charge is 0.303 e. The summed E-state index contributed by atoms with van der Waals surface area (Å²) in [5, 5.41) is 9.28. The Morgan fingerprint density at radius 3 is 2.19 bits per heavy atom. The molecule has 0 aliphatic heterocycles. The minimum absolute atomic E-state index is 0.137. The minimum atomic E-state index is -3.70. The normalized spacial score (nSPS) is 13.2. The van der Waals surface area contributed by atoms with E-state index in [-0.39, 0.29) is 22.8 Å². The van der Waals surface area contributed by atoms with Gasteiger partial charge >= 0.3 is 5.97 Å². The number of sulfonamides is 1. The van der Waals surface area contributed by atoms with Gasteiger partial charge < -0.3 is 5.11 Å². The van der Waals surface area contributed by atoms with Gasteiger partial charge in [-0.25, -0.2) is 13.1 Å². The molecule has 2 rings (SSSR count). The van der Waals surface area contributed by atoms with Crippen LogP contribution in [0.25, 0.3) is 0 Å². The summed E-state index contributed by atoms with van der Waals surface area (Å²) in [5.41, 5.74) is 2.11. The number of carboxylic acid groups (broad SMARTS) is 1. The predicted octanol–water partition coefficient (Wildman–Crippen LogP) is 5.98. The second-order valence-electron chi connectivity index (χ2n) is 9.07. The highest BCUT2D eigenvalue weighted by atomic mass is 35.5. The second-order valence-corrected chi connectivity index (χ2v) is 11.2. The summed E-state index contributed by atoms with van der Waals surface area (Å²) in [6, 6.07) is 13.5. The first-order valence-corrected chi connectivity index (χ1v) is 12.4. The van der Waals surface area contributed by atoms with Crippen LogP contribution in [0.5, 0.6) is 0 Å². The lowest BCUT2D eigenvalue weighted by Gasteiger charge is -2.23. The molecule has 2 N–H and O–H groups in total. The Labute approximate surface area is 190 Å². The van der Waals surface area contributed by atoms with E-state index < -0.39 is 16.0 Å². The number of carboxylic acids is 1. The molecule has 0 spiro atoms. The van der Waals surface area contributed by atoms with E-state index in [0.29, 0.717) is 24.3 Å². The molecule has 0 aliphatic rings. The number of nitrogens with one attached hydrogen (secondary N) is 1. The van der Waals surface area contributed by atoms with Crippen molar-refractivity contribution < 1.29 is 18.3 Å². The van der Waals surface area contributed by atoms with Crippen LogP contribution in [0.4, 0.5) is 0 Å². The number of halogens is 1. The van der Waals surface area contributed by atoms with Crippen LogP contribution in [0.3, 0.4) is 0 Å². The van der Waals surface area contributed by atoms with Crippen LogP contribution >= 0.6 is 11.6 Å². The third-order valence-corrected chi connectivity index (χ3v) is 6.82. The zero-order valence-electron chi connectivity index (χ0n) is 18.4. The van der Waals surface area contributed by atoms with E-state index in [1.54, 1.807) is 12.1 Å². The van der Waals surface area contributed by atoms with Gasteiger partial charge in [-0.05, 0) is 66.5 Å². The van der Waals surface area contributed by atoms with Gasteiger partial charge in [-0.15, -0.1) is 0 Å². The van der Waals surface area contributed by atoms with Crippen molar-refractivity contribution in [2.24, 2.45) is 5.41 Å². The Morgan fingerprint density at radius 1 is 1.03 bits per heavy atom. The molecule has 0 radical (unpaired) electrons. The molecule has 0 aliphatic carbocycles. The van der Waals surface area contributed by atoms with E-state index in [0.717, 1.165) is 24.0 Å². The van der Waals surface area contributed by atoms with Gasteiger partial charge in [0.15, 0.2) is 0 Å². The van der Waals surface area contributed by atoms with Crippen LogP contribution in [-0.2, 0) is 21.2 Å². The first-order chi connectivity index (χ1) is 14.5. The van der Waals surface area contributed by atoms with Crippen molar-refractivity contribution in [2.45, 2.75) is 70.2 Å². The summed E-state index contributed by atoms with van der Waals surface area (Å²) < 4.78 is 28.8. The molecule has 2 aromatic carbocycles. The molecule has 170 valence electrons. The summed E-state index contributed by atoms with van der Waals surface area (Å²) in [4.78, 5) is 10.9. The van der Waals surface area contributed by atoms with Crippen LogP contribution in [0.1, 0.15) is 70.0 Å². The van der Waals surface area contributed by atoms with E-state index in [4.69, 9.17) is 16.7 Å². The van der Waals surface area contributed by atoms with E-state index in [9.17, 15) is 13.2 Å². The van der Waals surface area contributed by atoms with Crippen molar-refractivity contribution in [3.05, 3.63) is 64.7 Å². The van der Waals surface area contributed by atoms with Crippen molar-refractivity contribution in [3.8, 4) is 0 Å². The zero-order valence-corrected chi connectivity index (χ0v) is 20.0. The first-order valence-electron chi connectivity index (χ1n) is 10.5. The van der Waals surface area contributed by atoms with E-state index in [2.05, 4.69) is 25.5 Å². The lowest BCUT2D eigenvalue weighted by atomic mass is 9.88. The number of aliphatic carboxylic acids is 1. The molecule has 7 heteroatoms. The number of hydrogen-bond acceptors (Lipinski definition) is 3. The number of carbonyl (C=O) groups is 1. The molecule has 0 bridgehead atoms. The average Bonchev–Trinajstić information content (AvgIpc) is 2.67. The maximum atomic E-state index is 12.9. The lowest BCUT2D eigenvalue weighted by molar-refractivity contribution is -0.137. The highest BCUT2D eigenvalue weighted by Crippen LogP contribution is 2.28. The molecular weight excluding hydrogens is 434 g/mol. The van der Waals surface area contributed by atoms with Crippen LogP contribution in [0.15, 0.2) is 53.4 Å². The van der Waals surface area contributed by atoms with Gasteiger partial charge in [-0.3, -0.25) is 4.79 Å². The van der Waals surface area contributed by atoms with Gasteiger partial charge in [0.25, 0.3) is 0 Å². The molecule has 0 aromatic heterocycles. The molecule has 2 aromatic rings. The van der Waals surface area contributed by atoms with Gasteiger partial charge in [0, 0.05) is 17.5 Å². The molecule has 1 unspecified atom stereocenters. The van der Waals surface area contributed by atoms with Crippen LogP contribution in [-0.4, -0.2) is 19.5 Å². The maximum Gasteiger partial charge on any atom is 0.303 e. The summed E-state index contributed by atoms with van der Waals surface area (Å²) >= 11 is 5.90. The van der Waals surface area contributed by atoms with Gasteiger partial charge in [-0.2, -0.15) is 0 Å². The van der Waals surface area contributed by atoms with Gasteiger partial charge in [0.1, 0.15) is 0 Å². The topological polar surface area (TPSA) is 83.5 Å². The Bertz CT molecular complexity index is 949. The molecule has 0 heterocycles. The minimum Gasteiger partial charge on any atom is -0.481 e. The summed E-state index contributed by atoms with van der Waals surface area (Å²) in [6.45, 7) is 6.52. The molecule has 1 atom stereocenters. The SMILES string of the molecule is CC(C)(C)CCCC(NS(=O)(=O)c1ccc(Cl)cc1)c1ccc(CCCC(=O)O)cc1. The monoisotopic (exact) mass is 465 g/mol. The van der Waals surface area contributed by atoms with E-state index in [1.807, 2.05) is 24.3 Å². The molecular formula is C24H32ClNO4S. The number of hydrogen-bond donors (Lipinski definition) is 2. The standard InChI is InChI=1S/C24H32ClNO4S/c1-24(2,3)17-5-7-22(26-31(29,30)21-15-13-20(25)14-16-21)19-11-9-18(10-12-19)6-4-8-23(27)28/h9-16,22,26H,4-8,17H2,1-3H3,(H,27,28). The fourth-order valence-electron chi connectivity index (χ4n) is 3.36. The Morgan fingerprint density at radius 2 is 1.65 bits per heavy atom. The van der Waals surface area contributed by atoms with Crippen molar-refractivity contribution in [2.75, 3.05) is 0 Å². The van der Waals surface area contributed by atoms with Gasteiger partial charge in [-0.1, -0.05) is 63.1 Å². The average molecular weight is 466 g/mol. The summed E-state index contributed by atoms with van der Waals surface area (Å²) in [6.07, 6.45) is 3.95. The van der Waals surface area contributed by atoms with Crippen molar-refractivity contribution in [1.82, 2.24) is 4.72 Å². The lowest BCUT2D eigenvalue weighted by Crippen LogP contribution is -2.29. The van der Waals surface area contributed by atoms with Gasteiger partial charge in [0.05, 0.1) is 4.90 Å². The molecule has 0 amide bonds. The van der Waals surface area contributed by atoms with E-state index >= 15 is 0 Å². The second kappa shape index (κ2) is 11.1. The molecule has 0 saturated heterocycles. The van der Waals surface area contributed by atoms with Crippen LogP contribution < -0.4 is 4.72 Å². The first kappa shape index (κ1) is 25.4. The Hall–Kier alpha value is -1.89. The highest BCUT2D eigenvalue weighted by molar-refractivity contribution is 7.89. The summed E-state index contributed by atoms with van der Waals surface area (Å²) in [5.74, 6) is -0.799. The molecule has 31 heavy (non-hydrogen) atoms. The quantitative estimate of drug-likeness (QED) is 0.427. The molecule has 0 saturated carbocycles. The largest absolute Gasteiger partial charge is 0.481 e. The Balaban J connectivity index is 2.17. The van der Waals surface area contributed by atoms with Crippen LogP contribution in [0.2, 0.25) is 5.02 Å². The van der Waals surface area contributed by atoms with Gasteiger partial charge in [0.2, 0.25) is 10.0 Å². The highest BCUT2D eigenvalue weighted by Gasteiger charge is 2.22. The zero-order chi connectivity index (χ0) is 23.1. The fourth-order valence-corrected chi connectivity index (χ4v) is 4.74. The predicted molar refractivity (Wildman–Crippen MR) is 125 cm³/mol. The summed E-state index contributed by atoms with van der Waals surface area (Å²) in [7, 11) is -3.70. The number of aryl methyl sites for hydroxylation is 1. The number of benzene rings is 2. The Kier molecular flexibility index (Phi) is 9.10.